The Kier molecular flexibility index (Phi) is 5.75. The van der Waals surface area contributed by atoms with Crippen LogP contribution in [0.5, 0.6) is 5.75 Å². The Labute approximate surface area is 164 Å². The third-order valence-electron chi connectivity index (χ3n) is 4.38. The van der Waals surface area contributed by atoms with Gasteiger partial charge >= 0.3 is 0 Å². The van der Waals surface area contributed by atoms with Gasteiger partial charge in [-0.05, 0) is 67.4 Å². The molecule has 0 saturated heterocycles. The minimum absolute atomic E-state index is 0.214. The second-order valence-electron chi connectivity index (χ2n) is 6.54. The first-order valence-corrected chi connectivity index (χ1v) is 8.90. The molecule has 0 atom stereocenters. The molecule has 3 aromatic rings. The van der Waals surface area contributed by atoms with Gasteiger partial charge in [0.05, 0.1) is 7.11 Å². The van der Waals surface area contributed by atoms with Crippen molar-refractivity contribution in [2.24, 2.45) is 0 Å². The van der Waals surface area contributed by atoms with Crippen LogP contribution in [-0.4, -0.2) is 18.9 Å². The second-order valence-corrected chi connectivity index (χ2v) is 6.54. The van der Waals surface area contributed by atoms with Crippen LogP contribution < -0.4 is 15.4 Å². The van der Waals surface area contributed by atoms with Crippen molar-refractivity contribution in [3.8, 4) is 5.75 Å². The van der Waals surface area contributed by atoms with E-state index in [0.717, 1.165) is 16.8 Å². The van der Waals surface area contributed by atoms with Gasteiger partial charge in [-0.25, -0.2) is 0 Å². The predicted octanol–water partition coefficient (Wildman–Crippen LogP) is 4.82. The monoisotopic (exact) mass is 374 g/mol. The van der Waals surface area contributed by atoms with Gasteiger partial charge in [0.15, 0.2) is 0 Å². The van der Waals surface area contributed by atoms with Crippen molar-refractivity contribution in [1.29, 1.82) is 0 Å². The molecule has 0 aliphatic heterocycles. The van der Waals surface area contributed by atoms with Crippen LogP contribution >= 0.6 is 0 Å². The third-order valence-corrected chi connectivity index (χ3v) is 4.38. The molecule has 0 bridgehead atoms. The van der Waals surface area contributed by atoms with Gasteiger partial charge < -0.3 is 15.4 Å². The van der Waals surface area contributed by atoms with Gasteiger partial charge in [0.2, 0.25) is 0 Å². The van der Waals surface area contributed by atoms with Gasteiger partial charge in [-0.3, -0.25) is 9.59 Å². The first kappa shape index (κ1) is 19.2. The van der Waals surface area contributed by atoms with Crippen LogP contribution in [-0.2, 0) is 0 Å². The highest BCUT2D eigenvalue weighted by molar-refractivity contribution is 6.07. The summed E-state index contributed by atoms with van der Waals surface area (Å²) in [5.41, 5.74) is 4.44. The number of ether oxygens (including phenoxy) is 1. The molecule has 0 fully saturated rings. The van der Waals surface area contributed by atoms with Gasteiger partial charge in [-0.15, -0.1) is 0 Å². The number of hydrogen-bond donors (Lipinski definition) is 2. The molecule has 2 amide bonds. The highest BCUT2D eigenvalue weighted by atomic mass is 16.5. The van der Waals surface area contributed by atoms with E-state index >= 15 is 0 Å². The number of benzene rings is 3. The van der Waals surface area contributed by atoms with Gasteiger partial charge in [-0.1, -0.05) is 18.2 Å². The number of nitrogens with one attached hydrogen (secondary N) is 2. The highest BCUT2D eigenvalue weighted by Gasteiger charge is 2.11. The van der Waals surface area contributed by atoms with E-state index in [4.69, 9.17) is 4.74 Å². The molecule has 28 heavy (non-hydrogen) atoms. The standard InChI is InChI=1S/C23H22N2O3/c1-15-7-8-16(2)21(13-15)25-23(27)18-11-9-17(10-12-18)22(26)24-19-5-4-6-20(14-19)28-3/h4-14H,1-3H3,(H,24,26)(H,25,27). The van der Waals surface area contributed by atoms with Crippen LogP contribution in [0.1, 0.15) is 31.8 Å². The number of carbonyl (C=O) groups excluding carboxylic acids is 2. The van der Waals surface area contributed by atoms with Crippen LogP contribution in [0.15, 0.2) is 66.7 Å². The summed E-state index contributed by atoms with van der Waals surface area (Å²) < 4.78 is 5.15. The fraction of sp³-hybridized carbons (Fsp3) is 0.130. The van der Waals surface area contributed by atoms with Crippen LogP contribution in [0, 0.1) is 13.8 Å². The molecule has 0 saturated carbocycles. The zero-order valence-electron chi connectivity index (χ0n) is 16.1. The Morgan fingerprint density at radius 2 is 1.43 bits per heavy atom. The molecular formula is C23H22N2O3. The Morgan fingerprint density at radius 3 is 2.07 bits per heavy atom. The average Bonchev–Trinajstić information content (AvgIpc) is 2.71. The molecule has 0 aliphatic rings. The van der Waals surface area contributed by atoms with E-state index in [1.165, 1.54) is 0 Å². The highest BCUT2D eigenvalue weighted by Crippen LogP contribution is 2.19. The van der Waals surface area contributed by atoms with E-state index in [2.05, 4.69) is 10.6 Å². The predicted molar refractivity (Wildman–Crippen MR) is 111 cm³/mol. The minimum Gasteiger partial charge on any atom is -0.497 e. The molecule has 0 radical (unpaired) electrons. The summed E-state index contributed by atoms with van der Waals surface area (Å²) in [4.78, 5) is 24.9. The molecule has 0 unspecified atom stereocenters. The fourth-order valence-electron chi connectivity index (χ4n) is 2.74. The molecule has 0 spiro atoms. The Balaban J connectivity index is 1.69. The van der Waals surface area contributed by atoms with Gasteiger partial charge in [-0.2, -0.15) is 0 Å². The zero-order chi connectivity index (χ0) is 20.1. The number of aryl methyl sites for hydroxylation is 2. The van der Waals surface area contributed by atoms with E-state index in [-0.39, 0.29) is 11.8 Å². The van der Waals surface area contributed by atoms with Crippen molar-refractivity contribution >= 4 is 23.2 Å². The molecule has 5 nitrogen and oxygen atoms in total. The summed E-state index contributed by atoms with van der Waals surface area (Å²) in [7, 11) is 1.57. The van der Waals surface area contributed by atoms with Crippen LogP contribution in [0.3, 0.4) is 0 Å². The number of hydrogen-bond acceptors (Lipinski definition) is 3. The molecule has 5 heteroatoms. The summed E-state index contributed by atoms with van der Waals surface area (Å²) in [5, 5.41) is 5.73. The van der Waals surface area contributed by atoms with Crippen LogP contribution in [0.4, 0.5) is 11.4 Å². The van der Waals surface area contributed by atoms with Gasteiger partial charge in [0.25, 0.3) is 11.8 Å². The van der Waals surface area contributed by atoms with E-state index in [1.807, 2.05) is 32.0 Å². The van der Waals surface area contributed by atoms with E-state index < -0.39 is 0 Å². The summed E-state index contributed by atoms with van der Waals surface area (Å²) >= 11 is 0. The normalized spacial score (nSPS) is 10.2. The average molecular weight is 374 g/mol. The minimum atomic E-state index is -0.255. The van der Waals surface area contributed by atoms with Crippen molar-refractivity contribution in [2.75, 3.05) is 17.7 Å². The van der Waals surface area contributed by atoms with Crippen LogP contribution in [0.2, 0.25) is 0 Å². The van der Waals surface area contributed by atoms with E-state index in [0.29, 0.717) is 22.6 Å². The number of carbonyl (C=O) groups is 2. The second kappa shape index (κ2) is 8.39. The SMILES string of the molecule is COc1cccc(NC(=O)c2ccc(C(=O)Nc3cc(C)ccc3C)cc2)c1. The number of amides is 2. The quantitative estimate of drug-likeness (QED) is 0.673. The zero-order valence-corrected chi connectivity index (χ0v) is 16.1. The van der Waals surface area contributed by atoms with Gasteiger partial charge in [0.1, 0.15) is 5.75 Å². The first-order chi connectivity index (χ1) is 13.5. The molecule has 0 heterocycles. The topological polar surface area (TPSA) is 67.4 Å². The van der Waals surface area contributed by atoms with E-state index in [9.17, 15) is 9.59 Å². The summed E-state index contributed by atoms with van der Waals surface area (Å²) in [6.07, 6.45) is 0. The Bertz CT molecular complexity index is 1010. The lowest BCUT2D eigenvalue weighted by Crippen LogP contribution is -2.15. The first-order valence-electron chi connectivity index (χ1n) is 8.90. The number of methoxy groups -OCH3 is 1. The Hall–Kier alpha value is -3.60. The maximum absolute atomic E-state index is 12.5. The molecule has 2 N–H and O–H groups in total. The summed E-state index contributed by atoms with van der Waals surface area (Å²) in [6, 6.07) is 19.6. The molecule has 0 aromatic heterocycles. The third kappa shape index (κ3) is 4.57. The van der Waals surface area contributed by atoms with Crippen molar-refractivity contribution < 1.29 is 14.3 Å². The van der Waals surface area contributed by atoms with Crippen molar-refractivity contribution in [3.05, 3.63) is 89.0 Å². The van der Waals surface area contributed by atoms with Crippen LogP contribution in [0.25, 0.3) is 0 Å². The van der Waals surface area contributed by atoms with Crippen molar-refractivity contribution in [1.82, 2.24) is 0 Å². The summed E-state index contributed by atoms with van der Waals surface area (Å²) in [6.45, 7) is 3.92. The van der Waals surface area contributed by atoms with Gasteiger partial charge in [0, 0.05) is 28.6 Å². The number of anilines is 2. The Morgan fingerprint density at radius 1 is 0.786 bits per heavy atom. The smallest absolute Gasteiger partial charge is 0.255 e. The maximum atomic E-state index is 12.5. The molecule has 3 rings (SSSR count). The van der Waals surface area contributed by atoms with Crippen molar-refractivity contribution in [3.63, 3.8) is 0 Å². The lowest BCUT2D eigenvalue weighted by molar-refractivity contribution is 0.101. The van der Waals surface area contributed by atoms with E-state index in [1.54, 1.807) is 55.6 Å². The number of rotatable bonds is 5. The maximum Gasteiger partial charge on any atom is 0.255 e. The molecule has 3 aromatic carbocycles. The molecule has 0 aliphatic carbocycles. The largest absolute Gasteiger partial charge is 0.497 e. The lowest BCUT2D eigenvalue weighted by Gasteiger charge is -2.10. The van der Waals surface area contributed by atoms with Crippen molar-refractivity contribution in [2.45, 2.75) is 13.8 Å². The molecular weight excluding hydrogens is 352 g/mol. The summed E-state index contributed by atoms with van der Waals surface area (Å²) in [5.74, 6) is 0.194. The fourth-order valence-corrected chi connectivity index (χ4v) is 2.74. The molecule has 142 valence electrons. The lowest BCUT2D eigenvalue weighted by atomic mass is 10.1.